The van der Waals surface area contributed by atoms with Crippen LogP contribution < -0.4 is 10.6 Å². The molecule has 0 aliphatic carbocycles. The number of unbranched alkanes of at least 4 members (excludes halogenated alkanes) is 2. The van der Waals surface area contributed by atoms with E-state index in [2.05, 4.69) is 22.8 Å². The summed E-state index contributed by atoms with van der Waals surface area (Å²) in [6.45, 7) is 2.97. The number of carboxylic acids is 1. The van der Waals surface area contributed by atoms with Crippen molar-refractivity contribution < 1.29 is 24.2 Å². The molecule has 3 N–H and O–H groups in total. The lowest BCUT2D eigenvalue weighted by atomic mass is 9.77. The van der Waals surface area contributed by atoms with Gasteiger partial charge in [-0.3, -0.25) is 9.59 Å². The first-order valence-corrected chi connectivity index (χ1v) is 11.6. The summed E-state index contributed by atoms with van der Waals surface area (Å²) in [4.78, 5) is 34.1. The molecule has 29 heavy (non-hydrogen) atoms. The lowest BCUT2D eigenvalue weighted by Crippen LogP contribution is -2.42. The van der Waals surface area contributed by atoms with E-state index in [9.17, 15) is 14.4 Å². The van der Waals surface area contributed by atoms with Gasteiger partial charge in [0.15, 0.2) is 0 Å². The van der Waals surface area contributed by atoms with Gasteiger partial charge in [0.2, 0.25) is 5.91 Å². The molecule has 7 nitrogen and oxygen atoms in total. The number of aliphatic carboxylic acids is 1. The van der Waals surface area contributed by atoms with Crippen LogP contribution in [0.5, 0.6) is 0 Å². The zero-order valence-electron chi connectivity index (χ0n) is 17.2. The number of allylic oxidation sites excluding steroid dienone is 2. The highest BCUT2D eigenvalue weighted by Gasteiger charge is 2.47. The van der Waals surface area contributed by atoms with Crippen LogP contribution in [0.2, 0.25) is 0 Å². The average Bonchev–Trinajstić information content (AvgIpc) is 3.29. The van der Waals surface area contributed by atoms with E-state index in [4.69, 9.17) is 9.84 Å². The first kappa shape index (κ1) is 23.6. The van der Waals surface area contributed by atoms with Gasteiger partial charge in [-0.15, -0.1) is 0 Å². The zero-order valence-corrected chi connectivity index (χ0v) is 18.0. The highest BCUT2D eigenvalue weighted by atomic mass is 32.2. The van der Waals surface area contributed by atoms with Gasteiger partial charge in [0.05, 0.1) is 13.2 Å². The van der Waals surface area contributed by atoms with Gasteiger partial charge in [-0.1, -0.05) is 25.5 Å². The fourth-order valence-electron chi connectivity index (χ4n) is 4.03. The van der Waals surface area contributed by atoms with E-state index in [1.54, 1.807) is 0 Å². The number of hydrogen-bond acceptors (Lipinski definition) is 5. The predicted octanol–water partition coefficient (Wildman–Crippen LogP) is 3.34. The molecule has 8 heteroatoms. The molecule has 4 atom stereocenters. The molecule has 2 bridgehead atoms. The summed E-state index contributed by atoms with van der Waals surface area (Å²) in [7, 11) is 0. The Balaban J connectivity index is 1.68. The van der Waals surface area contributed by atoms with E-state index in [-0.39, 0.29) is 18.9 Å². The first-order chi connectivity index (χ1) is 14.0. The third-order valence-corrected chi connectivity index (χ3v) is 7.46. The summed E-state index contributed by atoms with van der Waals surface area (Å²) in [5.74, 6) is 0.0558. The quantitative estimate of drug-likeness (QED) is 0.308. The molecular weight excluding hydrogens is 392 g/mol. The fourth-order valence-corrected chi connectivity index (χ4v) is 6.04. The van der Waals surface area contributed by atoms with Crippen LogP contribution in [0.15, 0.2) is 12.2 Å². The third kappa shape index (κ3) is 8.28. The molecule has 2 aliphatic rings. The monoisotopic (exact) mass is 426 g/mol. The van der Waals surface area contributed by atoms with Gasteiger partial charge >= 0.3 is 12.1 Å². The van der Waals surface area contributed by atoms with Crippen molar-refractivity contribution in [2.45, 2.75) is 68.8 Å². The second-order valence-corrected chi connectivity index (χ2v) is 9.24. The van der Waals surface area contributed by atoms with E-state index in [1.165, 1.54) is 12.8 Å². The maximum atomic E-state index is 12.1. The molecule has 2 amide bonds. The topological polar surface area (TPSA) is 105 Å². The molecule has 0 radical (unpaired) electrons. The van der Waals surface area contributed by atoms with Crippen LogP contribution >= 0.6 is 11.8 Å². The van der Waals surface area contributed by atoms with Crippen LogP contribution in [0.4, 0.5) is 4.79 Å². The number of alkyl carbamates (subject to hydrolysis) is 1. The van der Waals surface area contributed by atoms with Crippen LogP contribution in [0, 0.1) is 11.8 Å². The van der Waals surface area contributed by atoms with Gasteiger partial charge in [-0.25, -0.2) is 4.79 Å². The van der Waals surface area contributed by atoms with Gasteiger partial charge in [-0.2, -0.15) is 11.8 Å². The van der Waals surface area contributed by atoms with Crippen molar-refractivity contribution in [3.63, 3.8) is 0 Å². The summed E-state index contributed by atoms with van der Waals surface area (Å²) in [6.07, 6.45) is 10.6. The fraction of sp³-hybridized carbons (Fsp3) is 0.762. The Bertz CT molecular complexity index is 583. The molecule has 2 saturated heterocycles. The Labute approximate surface area is 177 Å². The molecule has 0 saturated carbocycles. The van der Waals surface area contributed by atoms with Crippen molar-refractivity contribution in [3.8, 4) is 0 Å². The summed E-state index contributed by atoms with van der Waals surface area (Å²) in [6, 6.07) is 0. The minimum atomic E-state index is -0.748. The van der Waals surface area contributed by atoms with Gasteiger partial charge < -0.3 is 20.5 Å². The number of carboxylic acid groups (broad SMARTS) is 1. The molecule has 2 rings (SSSR count). The van der Waals surface area contributed by atoms with Crippen LogP contribution in [-0.2, 0) is 14.3 Å². The average molecular weight is 427 g/mol. The normalized spacial score (nSPS) is 25.3. The molecule has 0 unspecified atom stereocenters. The Kier molecular flexibility index (Phi) is 10.4. The molecule has 2 heterocycles. The van der Waals surface area contributed by atoms with Crippen LogP contribution in [0.3, 0.4) is 0 Å². The van der Waals surface area contributed by atoms with Crippen LogP contribution in [0.1, 0.15) is 58.3 Å². The zero-order chi connectivity index (χ0) is 21.1. The number of thioether (sulfide) groups is 1. The summed E-state index contributed by atoms with van der Waals surface area (Å²) >= 11 is 2.05. The number of fused-ring (bicyclic) bond motifs is 2. The molecule has 164 valence electrons. The molecule has 2 fully saturated rings. The Morgan fingerprint density at radius 1 is 1.10 bits per heavy atom. The largest absolute Gasteiger partial charge is 0.481 e. The maximum absolute atomic E-state index is 12.1. The molecule has 0 aromatic carbocycles. The predicted molar refractivity (Wildman–Crippen MR) is 114 cm³/mol. The minimum absolute atomic E-state index is 0.0624. The standard InChI is InChI=1S/C21H34N2O5S/c1-2-3-12-28-21(27)23-14-19(24)22-13-16-15(17-10-11-18(16)29-17)8-6-4-5-7-9-20(25)26/h4,6,15-18H,2-3,5,7-14H2,1H3,(H,22,24)(H,23,27)(H,25,26)/b6-4-/t15-,16+,17-,18+/m1/s1. The summed E-state index contributed by atoms with van der Waals surface area (Å²) in [5, 5.41) is 15.4. The molecule has 2 aliphatic heterocycles. The smallest absolute Gasteiger partial charge is 0.407 e. The lowest BCUT2D eigenvalue weighted by molar-refractivity contribution is -0.137. The highest BCUT2D eigenvalue weighted by Crippen LogP contribution is 2.54. The van der Waals surface area contributed by atoms with Crippen molar-refractivity contribution in [1.29, 1.82) is 0 Å². The Hall–Kier alpha value is -1.70. The maximum Gasteiger partial charge on any atom is 0.407 e. The molecule has 0 aromatic rings. The Morgan fingerprint density at radius 2 is 1.86 bits per heavy atom. The Morgan fingerprint density at radius 3 is 2.59 bits per heavy atom. The van der Waals surface area contributed by atoms with Crippen LogP contribution in [0.25, 0.3) is 0 Å². The molecule has 0 aromatic heterocycles. The van der Waals surface area contributed by atoms with Gasteiger partial charge in [0.25, 0.3) is 0 Å². The number of carbonyl (C=O) groups is 3. The van der Waals surface area contributed by atoms with Crippen molar-refractivity contribution in [3.05, 3.63) is 12.2 Å². The van der Waals surface area contributed by atoms with E-state index >= 15 is 0 Å². The second-order valence-electron chi connectivity index (χ2n) is 7.76. The second kappa shape index (κ2) is 12.8. The first-order valence-electron chi connectivity index (χ1n) is 10.7. The van der Waals surface area contributed by atoms with E-state index < -0.39 is 12.1 Å². The number of hydrogen-bond donors (Lipinski definition) is 3. The SMILES string of the molecule is CCCCOC(=O)NCC(=O)NC[C@H]1[C@@H](C/C=C\CCCC(=O)O)[C@H]2CC[C@@H]1S2. The highest BCUT2D eigenvalue weighted by molar-refractivity contribution is 8.01. The molecular formula is C21H34N2O5S. The molecule has 0 spiro atoms. The van der Waals surface area contributed by atoms with Crippen molar-refractivity contribution in [2.24, 2.45) is 11.8 Å². The van der Waals surface area contributed by atoms with E-state index in [1.807, 2.05) is 18.7 Å². The minimum Gasteiger partial charge on any atom is -0.481 e. The van der Waals surface area contributed by atoms with Crippen molar-refractivity contribution in [1.82, 2.24) is 10.6 Å². The number of rotatable bonds is 13. The van der Waals surface area contributed by atoms with Gasteiger partial charge in [0, 0.05) is 23.5 Å². The number of carbonyl (C=O) groups excluding carboxylic acids is 2. The van der Waals surface area contributed by atoms with Crippen LogP contribution in [-0.4, -0.2) is 53.3 Å². The van der Waals surface area contributed by atoms with E-state index in [0.717, 1.165) is 25.7 Å². The van der Waals surface area contributed by atoms with Gasteiger partial charge in [-0.05, 0) is 50.4 Å². The van der Waals surface area contributed by atoms with Crippen molar-refractivity contribution in [2.75, 3.05) is 19.7 Å². The number of amides is 2. The third-order valence-electron chi connectivity index (χ3n) is 5.59. The van der Waals surface area contributed by atoms with Gasteiger partial charge in [0.1, 0.15) is 0 Å². The van der Waals surface area contributed by atoms with E-state index in [0.29, 0.717) is 41.9 Å². The number of ether oxygens (including phenoxy) is 1. The number of nitrogens with one attached hydrogen (secondary N) is 2. The summed E-state index contributed by atoms with van der Waals surface area (Å²) < 4.78 is 4.98. The summed E-state index contributed by atoms with van der Waals surface area (Å²) in [5.41, 5.74) is 0. The van der Waals surface area contributed by atoms with Crippen molar-refractivity contribution >= 4 is 29.7 Å². The lowest BCUT2D eigenvalue weighted by Gasteiger charge is -2.29.